The number of aliphatic hydroxyl groups excluding tert-OH is 4. The van der Waals surface area contributed by atoms with E-state index in [0.717, 1.165) is 12.0 Å². The molecular weight excluding hydrogens is 488 g/mol. The lowest BCUT2D eigenvalue weighted by Crippen LogP contribution is -2.30. The SMILES string of the molecule is CC(C)OC(=O)CCC/C=C/C[C@@H]1[C@@H](CC[C@H](CCc2ccccc2)OC(=O)C(CO)CO)[C@H](O)C[C@@H]1O. The van der Waals surface area contributed by atoms with E-state index in [2.05, 4.69) is 0 Å². The third-order valence-corrected chi connectivity index (χ3v) is 7.19. The zero-order valence-electron chi connectivity index (χ0n) is 22.8. The first-order chi connectivity index (χ1) is 18.2. The Morgan fingerprint density at radius 3 is 2.32 bits per heavy atom. The van der Waals surface area contributed by atoms with Gasteiger partial charge in [-0.2, -0.15) is 0 Å². The van der Waals surface area contributed by atoms with E-state index in [4.69, 9.17) is 9.47 Å². The van der Waals surface area contributed by atoms with Gasteiger partial charge in [0.15, 0.2) is 0 Å². The number of hydrogen-bond acceptors (Lipinski definition) is 8. The highest BCUT2D eigenvalue weighted by atomic mass is 16.5. The largest absolute Gasteiger partial charge is 0.463 e. The van der Waals surface area contributed by atoms with Crippen LogP contribution in [0.2, 0.25) is 0 Å². The first-order valence-electron chi connectivity index (χ1n) is 13.9. The van der Waals surface area contributed by atoms with Crippen LogP contribution >= 0.6 is 0 Å². The van der Waals surface area contributed by atoms with Gasteiger partial charge in [0.1, 0.15) is 12.0 Å². The van der Waals surface area contributed by atoms with Crippen LogP contribution < -0.4 is 0 Å². The number of aliphatic hydroxyl groups is 4. The van der Waals surface area contributed by atoms with Crippen molar-refractivity contribution in [3.8, 4) is 0 Å². The van der Waals surface area contributed by atoms with Crippen LogP contribution in [-0.2, 0) is 25.5 Å². The molecule has 38 heavy (non-hydrogen) atoms. The minimum atomic E-state index is -0.974. The van der Waals surface area contributed by atoms with Crippen LogP contribution in [0.3, 0.4) is 0 Å². The highest BCUT2D eigenvalue weighted by Crippen LogP contribution is 2.39. The van der Waals surface area contributed by atoms with E-state index >= 15 is 0 Å². The maximum absolute atomic E-state index is 12.5. The number of unbranched alkanes of at least 4 members (excludes halogenated alkanes) is 1. The molecule has 1 aliphatic carbocycles. The summed E-state index contributed by atoms with van der Waals surface area (Å²) in [4.78, 5) is 24.1. The van der Waals surface area contributed by atoms with Crippen LogP contribution in [0.1, 0.15) is 70.8 Å². The lowest BCUT2D eigenvalue weighted by molar-refractivity contribution is -0.158. The summed E-state index contributed by atoms with van der Waals surface area (Å²) >= 11 is 0. The lowest BCUT2D eigenvalue weighted by atomic mass is 9.85. The number of aryl methyl sites for hydroxylation is 1. The average Bonchev–Trinajstić information content (AvgIpc) is 3.15. The average molecular weight is 535 g/mol. The van der Waals surface area contributed by atoms with E-state index in [1.54, 1.807) is 0 Å². The van der Waals surface area contributed by atoms with Crippen molar-refractivity contribution in [3.05, 3.63) is 48.0 Å². The van der Waals surface area contributed by atoms with Gasteiger partial charge in [-0.15, -0.1) is 0 Å². The van der Waals surface area contributed by atoms with Gasteiger partial charge in [0.2, 0.25) is 0 Å². The number of esters is 2. The van der Waals surface area contributed by atoms with E-state index in [1.165, 1.54) is 0 Å². The van der Waals surface area contributed by atoms with Crippen molar-refractivity contribution in [1.29, 1.82) is 0 Å². The third kappa shape index (κ3) is 11.2. The predicted octanol–water partition coefficient (Wildman–Crippen LogP) is 3.34. The van der Waals surface area contributed by atoms with Crippen molar-refractivity contribution >= 4 is 11.9 Å². The fraction of sp³-hybridized carbons (Fsp3) is 0.667. The number of rotatable bonds is 17. The van der Waals surface area contributed by atoms with Crippen molar-refractivity contribution < 1.29 is 39.5 Å². The van der Waals surface area contributed by atoms with Crippen molar-refractivity contribution in [3.63, 3.8) is 0 Å². The van der Waals surface area contributed by atoms with Crippen molar-refractivity contribution in [2.75, 3.05) is 13.2 Å². The number of carbonyl (C=O) groups is 2. The number of ether oxygens (including phenoxy) is 2. The highest BCUT2D eigenvalue weighted by Gasteiger charge is 2.41. The number of carbonyl (C=O) groups excluding carboxylic acids is 2. The smallest absolute Gasteiger partial charge is 0.313 e. The molecule has 0 bridgehead atoms. The summed E-state index contributed by atoms with van der Waals surface area (Å²) in [6.07, 6.45) is 7.31. The van der Waals surface area contributed by atoms with Gasteiger partial charge < -0.3 is 29.9 Å². The van der Waals surface area contributed by atoms with Crippen LogP contribution in [0, 0.1) is 17.8 Å². The zero-order chi connectivity index (χ0) is 27.9. The second-order valence-corrected chi connectivity index (χ2v) is 10.6. The summed E-state index contributed by atoms with van der Waals surface area (Å²) in [5.74, 6) is -2.05. The molecule has 5 atom stereocenters. The molecule has 1 aliphatic rings. The van der Waals surface area contributed by atoms with Crippen molar-refractivity contribution in [1.82, 2.24) is 0 Å². The van der Waals surface area contributed by atoms with E-state index in [0.29, 0.717) is 51.4 Å². The van der Waals surface area contributed by atoms with Gasteiger partial charge in [0.05, 0.1) is 31.5 Å². The van der Waals surface area contributed by atoms with Gasteiger partial charge >= 0.3 is 11.9 Å². The summed E-state index contributed by atoms with van der Waals surface area (Å²) in [6.45, 7) is 2.68. The fourth-order valence-electron chi connectivity index (χ4n) is 5.04. The normalized spacial score (nSPS) is 22.3. The van der Waals surface area contributed by atoms with Crippen molar-refractivity contribution in [2.24, 2.45) is 17.8 Å². The Balaban J connectivity index is 1.92. The van der Waals surface area contributed by atoms with Gasteiger partial charge in [0, 0.05) is 6.42 Å². The number of allylic oxidation sites excluding steroid dienone is 2. The molecule has 0 amide bonds. The van der Waals surface area contributed by atoms with Gasteiger partial charge in [0.25, 0.3) is 0 Å². The zero-order valence-corrected chi connectivity index (χ0v) is 22.8. The minimum Gasteiger partial charge on any atom is -0.463 e. The molecule has 1 aromatic carbocycles. The summed E-state index contributed by atoms with van der Waals surface area (Å²) in [5, 5.41) is 40.0. The second kappa shape index (κ2) is 17.4. The molecule has 0 radical (unpaired) electrons. The first kappa shape index (κ1) is 32.0. The molecule has 0 aliphatic heterocycles. The Morgan fingerprint density at radius 2 is 1.66 bits per heavy atom. The maximum Gasteiger partial charge on any atom is 0.313 e. The third-order valence-electron chi connectivity index (χ3n) is 7.19. The van der Waals surface area contributed by atoms with Crippen molar-refractivity contribution in [2.45, 2.75) is 96.1 Å². The molecule has 0 spiro atoms. The van der Waals surface area contributed by atoms with Gasteiger partial charge in [-0.3, -0.25) is 9.59 Å². The number of benzene rings is 1. The molecule has 214 valence electrons. The van der Waals surface area contributed by atoms with Crippen LogP contribution in [-0.4, -0.2) is 70.0 Å². The summed E-state index contributed by atoms with van der Waals surface area (Å²) in [6, 6.07) is 9.87. The summed E-state index contributed by atoms with van der Waals surface area (Å²) in [7, 11) is 0. The van der Waals surface area contributed by atoms with E-state index < -0.39 is 43.4 Å². The highest BCUT2D eigenvalue weighted by molar-refractivity contribution is 5.72. The Hall–Kier alpha value is -2.26. The minimum absolute atomic E-state index is 0.111. The van der Waals surface area contributed by atoms with Gasteiger partial charge in [-0.05, 0) is 82.6 Å². The molecular formula is C30H46O8. The molecule has 4 N–H and O–H groups in total. The molecule has 2 rings (SSSR count). The Labute approximate surface area is 226 Å². The molecule has 0 heterocycles. The standard InChI is InChI=1S/C30H46O8/c1-21(2)37-29(35)13-9-4-3-8-12-25-26(28(34)18-27(25)33)17-16-24(38-30(36)23(19-31)20-32)15-14-22-10-6-5-7-11-22/h3,5-8,10-11,21,23-28,31-34H,4,9,12-20H2,1-2H3/b8-3+/t24-,25+,26+,27-,28+/m0/s1. The van der Waals surface area contributed by atoms with Crippen LogP contribution in [0.4, 0.5) is 0 Å². The molecule has 8 heteroatoms. The Morgan fingerprint density at radius 1 is 0.974 bits per heavy atom. The molecule has 1 aromatic rings. The van der Waals surface area contributed by atoms with Crippen LogP contribution in [0.25, 0.3) is 0 Å². The van der Waals surface area contributed by atoms with E-state index in [9.17, 15) is 30.0 Å². The Bertz CT molecular complexity index is 836. The monoisotopic (exact) mass is 534 g/mol. The van der Waals surface area contributed by atoms with Gasteiger partial charge in [-0.1, -0.05) is 42.5 Å². The molecule has 0 saturated heterocycles. The Kier molecular flexibility index (Phi) is 14.6. The molecule has 0 unspecified atom stereocenters. The van der Waals surface area contributed by atoms with E-state index in [1.807, 2.05) is 56.3 Å². The lowest BCUT2D eigenvalue weighted by Gasteiger charge is -2.26. The molecule has 1 fully saturated rings. The van der Waals surface area contributed by atoms with E-state index in [-0.39, 0.29) is 23.9 Å². The maximum atomic E-state index is 12.5. The topological polar surface area (TPSA) is 134 Å². The molecule has 0 aromatic heterocycles. The number of hydrogen-bond donors (Lipinski definition) is 4. The summed E-state index contributed by atoms with van der Waals surface area (Å²) in [5.41, 5.74) is 1.12. The second-order valence-electron chi connectivity index (χ2n) is 10.6. The molecule has 8 nitrogen and oxygen atoms in total. The quantitative estimate of drug-likeness (QED) is 0.136. The fourth-order valence-corrected chi connectivity index (χ4v) is 5.04. The van der Waals surface area contributed by atoms with Crippen LogP contribution in [0.15, 0.2) is 42.5 Å². The molecule has 1 saturated carbocycles. The first-order valence-corrected chi connectivity index (χ1v) is 13.9. The van der Waals surface area contributed by atoms with Crippen LogP contribution in [0.5, 0.6) is 0 Å². The predicted molar refractivity (Wildman–Crippen MR) is 144 cm³/mol. The van der Waals surface area contributed by atoms with Gasteiger partial charge in [-0.25, -0.2) is 0 Å². The summed E-state index contributed by atoms with van der Waals surface area (Å²) < 4.78 is 10.8.